The smallest absolute Gasteiger partial charge is 0.435 e. The van der Waals surface area contributed by atoms with E-state index in [1.165, 1.54) is 11.1 Å². The van der Waals surface area contributed by atoms with Gasteiger partial charge in [-0.3, -0.25) is 14.3 Å². The van der Waals surface area contributed by atoms with Gasteiger partial charge in [0.25, 0.3) is 0 Å². The number of carbonyl (C=O) groups is 2. The minimum absolute atomic E-state index is 0.158. The van der Waals surface area contributed by atoms with Crippen LogP contribution in [0.1, 0.15) is 45.0 Å². The van der Waals surface area contributed by atoms with Crippen LogP contribution in [0.25, 0.3) is 16.5 Å². The standard InChI is InChI=1S/C25H32BrN3O4/c1-6-28(7-2)24(30)16-12-18-17-10-9-11-20-22(17)19(13-21(18)27(5)14-16)23(26)29(20)15(4)33-25(31)32-8-3/h9-12,15-16,21H,6-8,13-14H2,1-5H3/t15?,16-,21-/m1/s1. The zero-order valence-electron chi connectivity index (χ0n) is 19.9. The SMILES string of the molecule is CCOC(=O)OC(C)n1c(Br)c2c3c(cccc31)C1=C[C@@H](C(=O)N(CC)CC)CN(C)[C@@H]1C2. The molecule has 0 saturated carbocycles. The first-order valence-electron chi connectivity index (χ1n) is 11.7. The molecule has 2 aromatic rings. The van der Waals surface area contributed by atoms with Crippen molar-refractivity contribution in [2.45, 2.75) is 46.4 Å². The Bertz CT molecular complexity index is 1100. The molecule has 1 unspecified atom stereocenters. The predicted molar refractivity (Wildman–Crippen MR) is 132 cm³/mol. The summed E-state index contributed by atoms with van der Waals surface area (Å²) in [5.74, 6) is 0.0283. The molecular formula is C25H32BrN3O4. The summed E-state index contributed by atoms with van der Waals surface area (Å²) in [7, 11) is 2.10. The molecule has 3 atom stereocenters. The number of hydrogen-bond acceptors (Lipinski definition) is 5. The van der Waals surface area contributed by atoms with Gasteiger partial charge < -0.3 is 14.4 Å². The number of rotatable bonds is 6. The molecule has 1 amide bonds. The molecule has 1 aromatic heterocycles. The number of halogens is 1. The van der Waals surface area contributed by atoms with Crippen molar-refractivity contribution in [2.24, 2.45) is 5.92 Å². The van der Waals surface area contributed by atoms with Gasteiger partial charge in [-0.05, 0) is 79.9 Å². The topological polar surface area (TPSA) is 64.0 Å². The maximum atomic E-state index is 13.2. The van der Waals surface area contributed by atoms with Crippen molar-refractivity contribution in [2.75, 3.05) is 33.3 Å². The Morgan fingerprint density at radius 2 is 1.97 bits per heavy atom. The van der Waals surface area contributed by atoms with Gasteiger partial charge in [0.2, 0.25) is 5.91 Å². The quantitative estimate of drug-likeness (QED) is 0.513. The Morgan fingerprint density at radius 1 is 1.24 bits per heavy atom. The molecule has 0 bridgehead atoms. The van der Waals surface area contributed by atoms with Crippen molar-refractivity contribution >= 4 is 44.5 Å². The van der Waals surface area contributed by atoms with Crippen molar-refractivity contribution in [1.29, 1.82) is 0 Å². The number of amides is 1. The predicted octanol–water partition coefficient (Wildman–Crippen LogP) is 4.83. The van der Waals surface area contributed by atoms with Crippen molar-refractivity contribution in [3.63, 3.8) is 0 Å². The highest BCUT2D eigenvalue weighted by molar-refractivity contribution is 9.10. The molecule has 0 saturated heterocycles. The Kier molecular flexibility index (Phi) is 6.86. The second-order valence-corrected chi connectivity index (χ2v) is 9.39. The molecule has 2 aliphatic rings. The van der Waals surface area contributed by atoms with E-state index in [0.29, 0.717) is 6.54 Å². The van der Waals surface area contributed by atoms with Gasteiger partial charge in [0, 0.05) is 31.1 Å². The van der Waals surface area contributed by atoms with Gasteiger partial charge in [-0.25, -0.2) is 4.79 Å². The Labute approximate surface area is 203 Å². The molecule has 1 aliphatic carbocycles. The zero-order valence-corrected chi connectivity index (χ0v) is 21.5. The first kappa shape index (κ1) is 23.8. The van der Waals surface area contributed by atoms with Crippen LogP contribution in [0.2, 0.25) is 0 Å². The number of fused-ring (bicyclic) bond motifs is 2. The molecule has 8 heteroatoms. The minimum Gasteiger partial charge on any atom is -0.435 e. The van der Waals surface area contributed by atoms with Gasteiger partial charge in [-0.2, -0.15) is 0 Å². The Morgan fingerprint density at radius 3 is 2.64 bits per heavy atom. The van der Waals surface area contributed by atoms with E-state index >= 15 is 0 Å². The van der Waals surface area contributed by atoms with Gasteiger partial charge in [0.1, 0.15) is 0 Å². The lowest BCUT2D eigenvalue weighted by Gasteiger charge is -2.40. The normalized spacial score (nSPS) is 20.7. The molecule has 1 aliphatic heterocycles. The summed E-state index contributed by atoms with van der Waals surface area (Å²) in [5.41, 5.74) is 4.54. The fourth-order valence-electron chi connectivity index (χ4n) is 5.24. The Hall–Kier alpha value is -2.32. The molecule has 2 heterocycles. The lowest BCUT2D eigenvalue weighted by Crippen LogP contribution is -2.47. The summed E-state index contributed by atoms with van der Waals surface area (Å²) >= 11 is 3.79. The Balaban J connectivity index is 1.79. The second kappa shape index (κ2) is 9.50. The maximum Gasteiger partial charge on any atom is 0.510 e. The second-order valence-electron chi connectivity index (χ2n) is 8.64. The number of hydrogen-bond donors (Lipinski definition) is 0. The van der Waals surface area contributed by atoms with E-state index in [1.54, 1.807) is 6.92 Å². The first-order chi connectivity index (χ1) is 15.8. The summed E-state index contributed by atoms with van der Waals surface area (Å²) in [5, 5.41) is 1.15. The maximum absolute atomic E-state index is 13.2. The van der Waals surface area contributed by atoms with E-state index in [4.69, 9.17) is 9.47 Å². The van der Waals surface area contributed by atoms with Crippen LogP contribution in [-0.4, -0.2) is 65.8 Å². The third kappa shape index (κ3) is 4.08. The van der Waals surface area contributed by atoms with E-state index in [1.807, 2.05) is 42.4 Å². The van der Waals surface area contributed by atoms with Crippen LogP contribution in [0.5, 0.6) is 0 Å². The summed E-state index contributed by atoms with van der Waals surface area (Å²) in [6.07, 6.45) is 1.79. The van der Waals surface area contributed by atoms with Gasteiger partial charge in [0.15, 0.2) is 6.23 Å². The van der Waals surface area contributed by atoms with Crippen LogP contribution in [0.4, 0.5) is 4.79 Å². The van der Waals surface area contributed by atoms with Crippen LogP contribution in [0, 0.1) is 5.92 Å². The number of carbonyl (C=O) groups excluding carboxylic acids is 2. The largest absolute Gasteiger partial charge is 0.510 e. The summed E-state index contributed by atoms with van der Waals surface area (Å²) in [6, 6.07) is 6.40. The van der Waals surface area contributed by atoms with Crippen LogP contribution in [0.3, 0.4) is 0 Å². The fraction of sp³-hybridized carbons (Fsp3) is 0.520. The number of nitrogens with zero attached hydrogens (tertiary/aromatic N) is 3. The van der Waals surface area contributed by atoms with Gasteiger partial charge in [0.05, 0.1) is 22.6 Å². The van der Waals surface area contributed by atoms with E-state index in [2.05, 4.69) is 40.0 Å². The zero-order chi connectivity index (χ0) is 23.9. The lowest BCUT2D eigenvalue weighted by molar-refractivity contribution is -0.134. The molecule has 0 N–H and O–H groups in total. The summed E-state index contributed by atoms with van der Waals surface area (Å²) in [4.78, 5) is 29.3. The number of aromatic nitrogens is 1. The average molecular weight is 518 g/mol. The van der Waals surface area contributed by atoms with Crippen molar-refractivity contribution in [3.8, 4) is 0 Å². The molecule has 0 radical (unpaired) electrons. The highest BCUT2D eigenvalue weighted by atomic mass is 79.9. The van der Waals surface area contributed by atoms with E-state index in [0.717, 1.165) is 40.6 Å². The molecule has 178 valence electrons. The van der Waals surface area contributed by atoms with Gasteiger partial charge in [-0.15, -0.1) is 0 Å². The van der Waals surface area contributed by atoms with E-state index in [-0.39, 0.29) is 24.5 Å². The van der Waals surface area contributed by atoms with Crippen LogP contribution in [0.15, 0.2) is 28.9 Å². The monoisotopic (exact) mass is 517 g/mol. The van der Waals surface area contributed by atoms with E-state index in [9.17, 15) is 9.59 Å². The molecule has 0 fully saturated rings. The number of likely N-dealkylation sites (N-methyl/N-ethyl adjacent to an activating group) is 1. The third-order valence-electron chi connectivity index (χ3n) is 6.81. The average Bonchev–Trinajstić information content (AvgIpc) is 3.07. The highest BCUT2D eigenvalue weighted by Gasteiger charge is 2.38. The highest BCUT2D eigenvalue weighted by Crippen LogP contribution is 2.46. The van der Waals surface area contributed by atoms with Gasteiger partial charge >= 0.3 is 6.16 Å². The van der Waals surface area contributed by atoms with Gasteiger partial charge in [-0.1, -0.05) is 18.2 Å². The summed E-state index contributed by atoms with van der Waals surface area (Å²) < 4.78 is 13.4. The third-order valence-corrected chi connectivity index (χ3v) is 7.67. The van der Waals surface area contributed by atoms with Crippen molar-refractivity contribution < 1.29 is 19.1 Å². The van der Waals surface area contributed by atoms with Crippen LogP contribution < -0.4 is 0 Å². The molecule has 7 nitrogen and oxygen atoms in total. The molecule has 0 spiro atoms. The number of benzene rings is 1. The molecule has 4 rings (SSSR count). The van der Waals surface area contributed by atoms with Crippen molar-refractivity contribution in [1.82, 2.24) is 14.4 Å². The van der Waals surface area contributed by atoms with Crippen LogP contribution in [-0.2, 0) is 20.7 Å². The molecule has 1 aromatic carbocycles. The van der Waals surface area contributed by atoms with Crippen LogP contribution >= 0.6 is 15.9 Å². The molecule has 33 heavy (non-hydrogen) atoms. The fourth-order valence-corrected chi connectivity index (χ4v) is 6.08. The lowest BCUT2D eigenvalue weighted by atomic mass is 9.79. The van der Waals surface area contributed by atoms with Crippen molar-refractivity contribution in [3.05, 3.63) is 40.0 Å². The first-order valence-corrected chi connectivity index (χ1v) is 12.5. The number of ether oxygens (including phenoxy) is 2. The van der Waals surface area contributed by atoms with E-state index < -0.39 is 12.4 Å². The minimum atomic E-state index is -0.680. The molecular weight excluding hydrogens is 486 g/mol. The summed E-state index contributed by atoms with van der Waals surface area (Å²) in [6.45, 7) is 10.1.